The predicted molar refractivity (Wildman–Crippen MR) is 74.6 cm³/mol. The van der Waals surface area contributed by atoms with E-state index in [0.29, 0.717) is 0 Å². The topological polar surface area (TPSA) is 28.7 Å². The van der Waals surface area contributed by atoms with Gasteiger partial charge in [-0.3, -0.25) is 0 Å². The lowest BCUT2D eigenvalue weighted by atomic mass is 10.3. The van der Waals surface area contributed by atoms with E-state index in [1.807, 2.05) is 60.6 Å². The van der Waals surface area contributed by atoms with E-state index in [0.717, 1.165) is 22.8 Å². The van der Waals surface area contributed by atoms with Gasteiger partial charge in [0.1, 0.15) is 5.82 Å². The molecule has 0 radical (unpaired) electrons. The van der Waals surface area contributed by atoms with Crippen LogP contribution in [0.15, 0.2) is 18.2 Å². The molecular formula is C14H26N2. The maximum atomic E-state index is 4.32. The molecule has 0 saturated carbocycles. The SMILES string of the molecule is C=C/C(C)=C\c1nc(C)c(C)[nH]1.CC.CC. The van der Waals surface area contributed by atoms with E-state index in [1.54, 1.807) is 0 Å². The standard InChI is InChI=1S/C10H14N2.2C2H6/c1-5-7(2)6-10-11-8(3)9(4)12-10;2*1-2/h5-6H,1H2,2-4H3,(H,11,12);2*1-2H3/b7-6-;;. The molecule has 0 bridgehead atoms. The number of hydrogen-bond donors (Lipinski definition) is 1. The number of aryl methyl sites for hydroxylation is 2. The van der Waals surface area contributed by atoms with Gasteiger partial charge in [0.05, 0.1) is 5.69 Å². The van der Waals surface area contributed by atoms with Gasteiger partial charge in [-0.15, -0.1) is 0 Å². The number of nitrogens with one attached hydrogen (secondary N) is 1. The van der Waals surface area contributed by atoms with E-state index in [9.17, 15) is 0 Å². The summed E-state index contributed by atoms with van der Waals surface area (Å²) in [7, 11) is 0. The van der Waals surface area contributed by atoms with Crippen LogP contribution in [-0.4, -0.2) is 9.97 Å². The molecule has 1 rings (SSSR count). The molecule has 0 unspecified atom stereocenters. The fraction of sp³-hybridized carbons (Fsp3) is 0.500. The third-order valence-corrected chi connectivity index (χ3v) is 1.83. The van der Waals surface area contributed by atoms with Crippen molar-refractivity contribution in [3.63, 3.8) is 0 Å². The van der Waals surface area contributed by atoms with Crippen molar-refractivity contribution in [3.8, 4) is 0 Å². The van der Waals surface area contributed by atoms with Crippen molar-refractivity contribution in [1.82, 2.24) is 9.97 Å². The first-order valence-corrected chi connectivity index (χ1v) is 5.97. The third kappa shape index (κ3) is 6.23. The van der Waals surface area contributed by atoms with Gasteiger partial charge in [0.2, 0.25) is 0 Å². The number of nitrogens with zero attached hydrogens (tertiary/aromatic N) is 1. The molecule has 0 atom stereocenters. The van der Waals surface area contributed by atoms with E-state index in [-0.39, 0.29) is 0 Å². The zero-order chi connectivity index (χ0) is 13.1. The summed E-state index contributed by atoms with van der Waals surface area (Å²) in [5.74, 6) is 0.905. The highest BCUT2D eigenvalue weighted by molar-refractivity contribution is 5.49. The lowest BCUT2D eigenvalue weighted by Gasteiger charge is -1.87. The Hall–Kier alpha value is -1.31. The normalized spacial score (nSPS) is 9.56. The molecule has 1 aromatic heterocycles. The van der Waals surface area contributed by atoms with Crippen LogP contribution < -0.4 is 0 Å². The number of allylic oxidation sites excluding steroid dienone is 2. The van der Waals surface area contributed by atoms with Crippen LogP contribution in [0.25, 0.3) is 6.08 Å². The Morgan fingerprint density at radius 2 is 1.69 bits per heavy atom. The highest BCUT2D eigenvalue weighted by Crippen LogP contribution is 2.07. The highest BCUT2D eigenvalue weighted by Gasteiger charge is 1.98. The van der Waals surface area contributed by atoms with Crippen molar-refractivity contribution in [2.75, 3.05) is 0 Å². The van der Waals surface area contributed by atoms with Crippen LogP contribution in [-0.2, 0) is 0 Å². The molecule has 1 aromatic rings. The van der Waals surface area contributed by atoms with Gasteiger partial charge in [0.25, 0.3) is 0 Å². The van der Waals surface area contributed by atoms with Gasteiger partial charge in [-0.05, 0) is 32.4 Å². The summed E-state index contributed by atoms with van der Waals surface area (Å²) in [6, 6.07) is 0. The van der Waals surface area contributed by atoms with Crippen LogP contribution in [0.4, 0.5) is 0 Å². The molecule has 92 valence electrons. The molecule has 0 aromatic carbocycles. The Labute approximate surface area is 101 Å². The predicted octanol–water partition coefficient (Wildman–Crippen LogP) is 4.67. The van der Waals surface area contributed by atoms with Gasteiger partial charge in [-0.25, -0.2) is 4.98 Å². The molecule has 2 nitrogen and oxygen atoms in total. The third-order valence-electron chi connectivity index (χ3n) is 1.83. The maximum absolute atomic E-state index is 4.32. The Morgan fingerprint density at radius 3 is 2.00 bits per heavy atom. The van der Waals surface area contributed by atoms with Crippen molar-refractivity contribution >= 4 is 6.08 Å². The lowest BCUT2D eigenvalue weighted by molar-refractivity contribution is 1.22. The molecule has 0 spiro atoms. The minimum Gasteiger partial charge on any atom is -0.342 e. The van der Waals surface area contributed by atoms with Crippen LogP contribution in [0.1, 0.15) is 51.8 Å². The molecule has 0 amide bonds. The van der Waals surface area contributed by atoms with Crippen LogP contribution in [0.2, 0.25) is 0 Å². The number of aromatic amines is 1. The summed E-state index contributed by atoms with van der Waals surface area (Å²) in [6.45, 7) is 17.7. The molecule has 1 N–H and O–H groups in total. The van der Waals surface area contributed by atoms with E-state index in [4.69, 9.17) is 0 Å². The average molecular weight is 222 g/mol. The number of aromatic nitrogens is 2. The smallest absolute Gasteiger partial charge is 0.130 e. The van der Waals surface area contributed by atoms with E-state index in [1.165, 1.54) is 0 Å². The highest BCUT2D eigenvalue weighted by atomic mass is 14.9. The summed E-state index contributed by atoms with van der Waals surface area (Å²) in [6.07, 6.45) is 3.79. The summed E-state index contributed by atoms with van der Waals surface area (Å²) >= 11 is 0. The molecular weight excluding hydrogens is 196 g/mol. The Bertz CT molecular complexity index is 300. The molecule has 1 heterocycles. The molecule has 0 aliphatic carbocycles. The first kappa shape index (κ1) is 17.1. The number of imidazole rings is 1. The Morgan fingerprint density at radius 1 is 1.19 bits per heavy atom. The summed E-state index contributed by atoms with van der Waals surface area (Å²) in [5, 5.41) is 0. The van der Waals surface area contributed by atoms with Gasteiger partial charge in [0.15, 0.2) is 0 Å². The number of H-pyrrole nitrogens is 1. The van der Waals surface area contributed by atoms with Crippen LogP contribution >= 0.6 is 0 Å². The van der Waals surface area contributed by atoms with Crippen LogP contribution in [0.5, 0.6) is 0 Å². The summed E-state index contributed by atoms with van der Waals surface area (Å²) in [5.41, 5.74) is 3.29. The van der Waals surface area contributed by atoms with Crippen molar-refractivity contribution in [1.29, 1.82) is 0 Å². The van der Waals surface area contributed by atoms with E-state index in [2.05, 4.69) is 16.5 Å². The minimum absolute atomic E-state index is 0.905. The molecule has 0 saturated heterocycles. The van der Waals surface area contributed by atoms with Crippen LogP contribution in [0, 0.1) is 13.8 Å². The Balaban J connectivity index is 0. The van der Waals surface area contributed by atoms with Gasteiger partial charge in [-0.2, -0.15) is 0 Å². The van der Waals surface area contributed by atoms with E-state index >= 15 is 0 Å². The van der Waals surface area contributed by atoms with Crippen molar-refractivity contribution < 1.29 is 0 Å². The molecule has 0 fully saturated rings. The maximum Gasteiger partial charge on any atom is 0.130 e. The van der Waals surface area contributed by atoms with Gasteiger partial charge < -0.3 is 4.98 Å². The van der Waals surface area contributed by atoms with Gasteiger partial charge >= 0.3 is 0 Å². The van der Waals surface area contributed by atoms with Gasteiger partial charge in [-0.1, -0.05) is 40.3 Å². The number of hydrogen-bond acceptors (Lipinski definition) is 1. The quantitative estimate of drug-likeness (QED) is 0.724. The summed E-state index contributed by atoms with van der Waals surface area (Å²) in [4.78, 5) is 7.49. The lowest BCUT2D eigenvalue weighted by Crippen LogP contribution is -1.76. The second-order valence-electron chi connectivity index (χ2n) is 2.92. The monoisotopic (exact) mass is 222 g/mol. The number of rotatable bonds is 2. The second kappa shape index (κ2) is 10.2. The fourth-order valence-electron chi connectivity index (χ4n) is 0.918. The molecule has 2 heteroatoms. The molecule has 0 aliphatic heterocycles. The zero-order valence-electron chi connectivity index (χ0n) is 11.8. The van der Waals surface area contributed by atoms with E-state index < -0.39 is 0 Å². The Kier molecular flexibility index (Phi) is 10.9. The molecule has 0 aliphatic rings. The average Bonchev–Trinajstić information content (AvgIpc) is 2.63. The fourth-order valence-corrected chi connectivity index (χ4v) is 0.918. The second-order valence-corrected chi connectivity index (χ2v) is 2.92. The largest absolute Gasteiger partial charge is 0.342 e. The van der Waals surface area contributed by atoms with Crippen molar-refractivity contribution in [2.24, 2.45) is 0 Å². The first-order valence-electron chi connectivity index (χ1n) is 5.97. The summed E-state index contributed by atoms with van der Waals surface area (Å²) < 4.78 is 0. The van der Waals surface area contributed by atoms with Gasteiger partial charge in [0, 0.05) is 5.69 Å². The van der Waals surface area contributed by atoms with Crippen molar-refractivity contribution in [3.05, 3.63) is 35.4 Å². The first-order chi connectivity index (χ1) is 7.63. The van der Waals surface area contributed by atoms with Crippen molar-refractivity contribution in [2.45, 2.75) is 48.5 Å². The molecule has 16 heavy (non-hydrogen) atoms. The zero-order valence-corrected chi connectivity index (χ0v) is 11.8. The van der Waals surface area contributed by atoms with Crippen LogP contribution in [0.3, 0.4) is 0 Å². The minimum atomic E-state index is 0.905.